The molecule has 9 nitrogen and oxygen atoms in total. The van der Waals surface area contributed by atoms with Gasteiger partial charge in [0.25, 0.3) is 5.91 Å². The van der Waals surface area contributed by atoms with Crippen molar-refractivity contribution in [3.05, 3.63) is 59.2 Å². The zero-order chi connectivity index (χ0) is 22.1. The van der Waals surface area contributed by atoms with Crippen molar-refractivity contribution >= 4 is 29.5 Å². The molecule has 0 heterocycles. The minimum Gasteiger partial charge on any atom is -0.496 e. The Bertz CT molecular complexity index is 954. The molecule has 0 aliphatic carbocycles. The Hall–Kier alpha value is -3.88. The molecule has 0 spiro atoms. The van der Waals surface area contributed by atoms with Crippen molar-refractivity contribution < 1.29 is 38.1 Å². The lowest BCUT2D eigenvalue weighted by Gasteiger charge is -2.12. The number of hydrogen-bond acceptors (Lipinski definition) is 8. The number of carbonyl (C=O) groups is 4. The first-order valence-electron chi connectivity index (χ1n) is 8.77. The van der Waals surface area contributed by atoms with Crippen LogP contribution in [0.3, 0.4) is 0 Å². The molecule has 0 atom stereocenters. The normalized spacial score (nSPS) is 9.97. The minimum absolute atomic E-state index is 0.0236. The molecule has 2 rings (SSSR count). The second kappa shape index (κ2) is 10.6. The number of methoxy groups -OCH3 is 3. The molecule has 1 amide bonds. The average Bonchev–Trinajstić information content (AvgIpc) is 2.76. The van der Waals surface area contributed by atoms with Gasteiger partial charge in [-0.3, -0.25) is 9.59 Å². The van der Waals surface area contributed by atoms with Crippen molar-refractivity contribution in [2.75, 3.05) is 33.3 Å². The predicted molar refractivity (Wildman–Crippen MR) is 105 cm³/mol. The third kappa shape index (κ3) is 5.81. The average molecular weight is 415 g/mol. The number of nitrogens with one attached hydrogen (secondary N) is 1. The monoisotopic (exact) mass is 415 g/mol. The van der Waals surface area contributed by atoms with Gasteiger partial charge in [-0.25, -0.2) is 9.59 Å². The first kappa shape index (κ1) is 22.4. The molecule has 2 aromatic carbocycles. The zero-order valence-corrected chi connectivity index (χ0v) is 16.7. The van der Waals surface area contributed by atoms with Crippen LogP contribution in [0.4, 0.5) is 5.69 Å². The predicted octanol–water partition coefficient (Wildman–Crippen LogP) is 1.99. The lowest BCUT2D eigenvalue weighted by Crippen LogP contribution is -2.23. The van der Waals surface area contributed by atoms with E-state index in [2.05, 4.69) is 14.8 Å². The molecular weight excluding hydrogens is 394 g/mol. The quantitative estimate of drug-likeness (QED) is 0.514. The van der Waals surface area contributed by atoms with Gasteiger partial charge < -0.3 is 24.3 Å². The molecule has 1 N–H and O–H groups in total. The second-order valence-electron chi connectivity index (χ2n) is 5.94. The van der Waals surface area contributed by atoms with E-state index in [-0.39, 0.29) is 23.2 Å². The summed E-state index contributed by atoms with van der Waals surface area (Å²) in [6.07, 6.45) is -0.0808. The Morgan fingerprint density at radius 3 is 2.27 bits per heavy atom. The maximum Gasteiger partial charge on any atom is 0.339 e. The second-order valence-corrected chi connectivity index (χ2v) is 5.94. The molecule has 0 radical (unpaired) electrons. The SMILES string of the molecule is COC(=O)c1ccc(C(=O)OC)c(NC(=O)COC(=O)Cc2ccccc2OC)c1. The van der Waals surface area contributed by atoms with Gasteiger partial charge in [-0.2, -0.15) is 0 Å². The highest BCUT2D eigenvalue weighted by molar-refractivity contribution is 6.04. The van der Waals surface area contributed by atoms with E-state index in [1.165, 1.54) is 39.5 Å². The molecule has 0 fully saturated rings. The van der Waals surface area contributed by atoms with E-state index >= 15 is 0 Å². The van der Waals surface area contributed by atoms with E-state index in [0.29, 0.717) is 11.3 Å². The lowest BCUT2D eigenvalue weighted by atomic mass is 10.1. The van der Waals surface area contributed by atoms with E-state index in [0.717, 1.165) is 0 Å². The number of amides is 1. The number of benzene rings is 2. The van der Waals surface area contributed by atoms with Crippen LogP contribution in [0.15, 0.2) is 42.5 Å². The fourth-order valence-corrected chi connectivity index (χ4v) is 2.57. The van der Waals surface area contributed by atoms with E-state index in [9.17, 15) is 19.2 Å². The molecular formula is C21H21NO8. The maximum absolute atomic E-state index is 12.2. The molecule has 0 unspecified atom stereocenters. The molecule has 9 heteroatoms. The van der Waals surface area contributed by atoms with Gasteiger partial charge in [0.15, 0.2) is 6.61 Å². The lowest BCUT2D eigenvalue weighted by molar-refractivity contribution is -0.146. The fraction of sp³-hybridized carbons (Fsp3) is 0.238. The maximum atomic E-state index is 12.2. The third-order valence-electron chi connectivity index (χ3n) is 4.01. The van der Waals surface area contributed by atoms with Crippen LogP contribution in [0.25, 0.3) is 0 Å². The van der Waals surface area contributed by atoms with Gasteiger partial charge in [-0.05, 0) is 24.3 Å². The van der Waals surface area contributed by atoms with Crippen LogP contribution in [0.5, 0.6) is 5.75 Å². The van der Waals surface area contributed by atoms with Crippen LogP contribution >= 0.6 is 0 Å². The number of carbonyl (C=O) groups excluding carboxylic acids is 4. The summed E-state index contributed by atoms with van der Waals surface area (Å²) >= 11 is 0. The highest BCUT2D eigenvalue weighted by Crippen LogP contribution is 2.20. The standard InChI is InChI=1S/C21H21NO8/c1-27-17-7-5-4-6-13(17)11-19(24)30-12-18(23)22-16-10-14(20(25)28-2)8-9-15(16)21(26)29-3/h4-10H,11-12H2,1-3H3,(H,22,23). The van der Waals surface area contributed by atoms with E-state index in [1.807, 2.05) is 0 Å². The highest BCUT2D eigenvalue weighted by Gasteiger charge is 2.18. The minimum atomic E-state index is -0.713. The highest BCUT2D eigenvalue weighted by atomic mass is 16.5. The zero-order valence-electron chi connectivity index (χ0n) is 16.7. The summed E-state index contributed by atoms with van der Waals surface area (Å²) in [6, 6.07) is 10.9. The van der Waals surface area contributed by atoms with Gasteiger partial charge >= 0.3 is 17.9 Å². The number of ether oxygens (including phenoxy) is 4. The van der Waals surface area contributed by atoms with Crippen molar-refractivity contribution in [3.8, 4) is 5.75 Å². The van der Waals surface area contributed by atoms with Gasteiger partial charge in [-0.1, -0.05) is 18.2 Å². The molecule has 0 bridgehead atoms. The number of esters is 3. The van der Waals surface area contributed by atoms with Crippen LogP contribution < -0.4 is 10.1 Å². The van der Waals surface area contributed by atoms with Crippen LogP contribution in [0, 0.1) is 0 Å². The fourth-order valence-electron chi connectivity index (χ4n) is 2.57. The number of hydrogen-bond donors (Lipinski definition) is 1. The molecule has 30 heavy (non-hydrogen) atoms. The summed E-state index contributed by atoms with van der Waals surface area (Å²) in [5, 5.41) is 2.44. The van der Waals surface area contributed by atoms with Gasteiger partial charge in [0.1, 0.15) is 5.75 Å². The molecule has 2 aromatic rings. The van der Waals surface area contributed by atoms with Crippen molar-refractivity contribution in [3.63, 3.8) is 0 Å². The Labute approximate surface area is 172 Å². The molecule has 0 aliphatic heterocycles. The Kier molecular flexibility index (Phi) is 7.92. The van der Waals surface area contributed by atoms with Gasteiger partial charge in [0.05, 0.1) is 44.6 Å². The van der Waals surface area contributed by atoms with Gasteiger partial charge in [0.2, 0.25) is 0 Å². The number of para-hydroxylation sites is 1. The summed E-state index contributed by atoms with van der Waals surface area (Å²) in [7, 11) is 3.87. The topological polar surface area (TPSA) is 117 Å². The third-order valence-corrected chi connectivity index (χ3v) is 4.01. The van der Waals surface area contributed by atoms with Crippen LogP contribution in [-0.2, 0) is 30.2 Å². The molecule has 0 aromatic heterocycles. The summed E-state index contributed by atoms with van der Waals surface area (Å²) in [6.45, 7) is -0.586. The molecule has 0 saturated carbocycles. The van der Waals surface area contributed by atoms with Crippen molar-refractivity contribution in [1.29, 1.82) is 0 Å². The first-order chi connectivity index (χ1) is 14.4. The van der Waals surface area contributed by atoms with Gasteiger partial charge in [-0.15, -0.1) is 0 Å². The summed E-state index contributed by atoms with van der Waals surface area (Å²) in [4.78, 5) is 47.9. The molecule has 0 aliphatic rings. The summed E-state index contributed by atoms with van der Waals surface area (Å²) in [5.41, 5.74) is 0.784. The van der Waals surface area contributed by atoms with Crippen molar-refractivity contribution in [2.24, 2.45) is 0 Å². The van der Waals surface area contributed by atoms with Crippen LogP contribution in [-0.4, -0.2) is 51.8 Å². The summed E-state index contributed by atoms with van der Waals surface area (Å²) in [5.74, 6) is -2.16. The smallest absolute Gasteiger partial charge is 0.339 e. The van der Waals surface area contributed by atoms with E-state index < -0.39 is 30.4 Å². The summed E-state index contributed by atoms with van der Waals surface area (Å²) < 4.78 is 19.5. The van der Waals surface area contributed by atoms with Gasteiger partial charge in [0, 0.05) is 5.56 Å². The first-order valence-corrected chi connectivity index (χ1v) is 8.77. The Morgan fingerprint density at radius 2 is 1.60 bits per heavy atom. The number of anilines is 1. The van der Waals surface area contributed by atoms with E-state index in [4.69, 9.17) is 9.47 Å². The Balaban J connectivity index is 2.05. The largest absolute Gasteiger partial charge is 0.496 e. The van der Waals surface area contributed by atoms with Crippen LogP contribution in [0.1, 0.15) is 26.3 Å². The van der Waals surface area contributed by atoms with Crippen LogP contribution in [0.2, 0.25) is 0 Å². The number of rotatable bonds is 8. The molecule has 158 valence electrons. The van der Waals surface area contributed by atoms with E-state index in [1.54, 1.807) is 24.3 Å². The van der Waals surface area contributed by atoms with Crippen molar-refractivity contribution in [1.82, 2.24) is 0 Å². The molecule has 0 saturated heterocycles. The van der Waals surface area contributed by atoms with Crippen molar-refractivity contribution in [2.45, 2.75) is 6.42 Å². The Morgan fingerprint density at radius 1 is 0.900 bits per heavy atom.